The molecule has 1 atom stereocenters. The van der Waals surface area contributed by atoms with E-state index in [0.29, 0.717) is 19.3 Å². The Morgan fingerprint density at radius 1 is 0.270 bits per heavy atom. The fourth-order valence-electron chi connectivity index (χ4n) is 9.35. The van der Waals surface area contributed by atoms with Crippen LogP contribution in [0.15, 0.2) is 60.8 Å². The SMILES string of the molecule is CCCC/C=C\C/C=C\CCCCCCCC(=O)OCC(COC(=O)CCCCCCCCCCCCCCCCCCCCCCCCC)OC(=O)CCCCCCCC/C=C\C/C=C\C/C=C\CCCCC. The number of hydrogen-bond acceptors (Lipinski definition) is 6. The van der Waals surface area contributed by atoms with Gasteiger partial charge < -0.3 is 14.2 Å². The first-order valence-corrected chi connectivity index (χ1v) is 32.3. The molecule has 0 spiro atoms. The van der Waals surface area contributed by atoms with Crippen LogP contribution in [0.1, 0.15) is 335 Å². The molecule has 0 aromatic carbocycles. The Morgan fingerprint density at radius 3 is 0.824 bits per heavy atom. The summed E-state index contributed by atoms with van der Waals surface area (Å²) in [5.74, 6) is -0.891. The summed E-state index contributed by atoms with van der Waals surface area (Å²) >= 11 is 0. The molecule has 0 N–H and O–H groups in total. The lowest BCUT2D eigenvalue weighted by atomic mass is 10.0. The second kappa shape index (κ2) is 62.6. The van der Waals surface area contributed by atoms with Crippen molar-refractivity contribution in [3.05, 3.63) is 60.8 Å². The van der Waals surface area contributed by atoms with Gasteiger partial charge in [0.25, 0.3) is 0 Å². The van der Waals surface area contributed by atoms with Crippen molar-refractivity contribution < 1.29 is 28.6 Å². The minimum atomic E-state index is -0.787. The summed E-state index contributed by atoms with van der Waals surface area (Å²) in [6.45, 7) is 6.60. The highest BCUT2D eigenvalue weighted by molar-refractivity contribution is 5.71. The zero-order chi connectivity index (χ0) is 53.6. The smallest absolute Gasteiger partial charge is 0.306 e. The van der Waals surface area contributed by atoms with Crippen LogP contribution in [-0.2, 0) is 28.6 Å². The van der Waals surface area contributed by atoms with Crippen molar-refractivity contribution in [1.29, 1.82) is 0 Å². The van der Waals surface area contributed by atoms with Crippen LogP contribution in [0, 0.1) is 0 Å². The second-order valence-corrected chi connectivity index (χ2v) is 21.7. The van der Waals surface area contributed by atoms with Crippen LogP contribution in [0.2, 0.25) is 0 Å². The highest BCUT2D eigenvalue weighted by Crippen LogP contribution is 2.17. The van der Waals surface area contributed by atoms with Crippen LogP contribution >= 0.6 is 0 Å². The molecule has 0 aromatic heterocycles. The summed E-state index contributed by atoms with van der Waals surface area (Å²) in [6.07, 6.45) is 79.4. The van der Waals surface area contributed by atoms with Gasteiger partial charge in [-0.2, -0.15) is 0 Å². The number of ether oxygens (including phenoxy) is 3. The van der Waals surface area contributed by atoms with Gasteiger partial charge in [0.15, 0.2) is 6.10 Å². The standard InChI is InChI=1S/C68H122O6/c1-4-7-10-13-16-19-22-25-28-30-32-33-34-35-37-38-40-43-46-49-52-55-58-61-67(70)73-64-65(63-72-66(69)60-57-54-51-48-45-42-27-24-21-18-15-12-9-6-3)74-68(71)62-59-56-53-50-47-44-41-39-36-31-29-26-23-20-17-14-11-8-5-2/h15,17-18,20,24,26-27,29,36,39,65H,4-14,16,19,21-23,25,28,30-35,37-38,40-64H2,1-3H3/b18-15-,20-17-,27-24-,29-26-,39-36-. The summed E-state index contributed by atoms with van der Waals surface area (Å²) < 4.78 is 16.9. The van der Waals surface area contributed by atoms with Gasteiger partial charge in [0.2, 0.25) is 0 Å². The van der Waals surface area contributed by atoms with E-state index in [0.717, 1.165) is 103 Å². The average molecular weight is 1040 g/mol. The topological polar surface area (TPSA) is 78.9 Å². The lowest BCUT2D eigenvalue weighted by molar-refractivity contribution is -0.167. The Balaban J connectivity index is 4.32. The third-order valence-electron chi connectivity index (χ3n) is 14.2. The molecule has 6 heteroatoms. The van der Waals surface area contributed by atoms with Crippen LogP contribution in [0.4, 0.5) is 0 Å². The number of carbonyl (C=O) groups is 3. The van der Waals surface area contributed by atoms with Crippen LogP contribution < -0.4 is 0 Å². The summed E-state index contributed by atoms with van der Waals surface area (Å²) in [5, 5.41) is 0. The summed E-state index contributed by atoms with van der Waals surface area (Å²) in [6, 6.07) is 0. The predicted molar refractivity (Wildman–Crippen MR) is 321 cm³/mol. The Hall–Kier alpha value is -2.89. The van der Waals surface area contributed by atoms with Crippen LogP contribution in [0.5, 0.6) is 0 Å². The lowest BCUT2D eigenvalue weighted by Crippen LogP contribution is -2.30. The maximum atomic E-state index is 12.9. The van der Waals surface area contributed by atoms with E-state index in [-0.39, 0.29) is 31.1 Å². The molecule has 0 fully saturated rings. The molecule has 430 valence electrons. The van der Waals surface area contributed by atoms with Crippen molar-refractivity contribution in [3.63, 3.8) is 0 Å². The Bertz CT molecular complexity index is 1330. The summed E-state index contributed by atoms with van der Waals surface area (Å²) in [4.78, 5) is 38.3. The molecule has 0 rings (SSSR count). The number of rotatable bonds is 59. The summed E-state index contributed by atoms with van der Waals surface area (Å²) in [5.41, 5.74) is 0. The molecule has 1 unspecified atom stereocenters. The molecular weight excluding hydrogens is 913 g/mol. The average Bonchev–Trinajstić information content (AvgIpc) is 3.40. The molecule has 0 bridgehead atoms. The van der Waals surface area contributed by atoms with E-state index in [9.17, 15) is 14.4 Å². The molecule has 0 saturated carbocycles. The molecule has 0 radical (unpaired) electrons. The number of esters is 3. The largest absolute Gasteiger partial charge is 0.462 e. The van der Waals surface area contributed by atoms with Crippen molar-refractivity contribution in [2.45, 2.75) is 341 Å². The monoisotopic (exact) mass is 1030 g/mol. The number of unbranched alkanes of at least 4 members (excludes halogenated alkanes) is 38. The maximum Gasteiger partial charge on any atom is 0.306 e. The number of hydrogen-bond donors (Lipinski definition) is 0. The van der Waals surface area contributed by atoms with Gasteiger partial charge in [0, 0.05) is 19.3 Å². The Morgan fingerprint density at radius 2 is 0.500 bits per heavy atom. The second-order valence-electron chi connectivity index (χ2n) is 21.7. The molecule has 6 nitrogen and oxygen atoms in total. The zero-order valence-corrected chi connectivity index (χ0v) is 49.4. The quantitative estimate of drug-likeness (QED) is 0.0261. The van der Waals surface area contributed by atoms with Gasteiger partial charge in [-0.05, 0) is 83.5 Å². The molecule has 0 saturated heterocycles. The van der Waals surface area contributed by atoms with Gasteiger partial charge >= 0.3 is 17.9 Å². The van der Waals surface area contributed by atoms with Gasteiger partial charge in [-0.1, -0.05) is 293 Å². The summed E-state index contributed by atoms with van der Waals surface area (Å²) in [7, 11) is 0. The van der Waals surface area contributed by atoms with E-state index in [1.54, 1.807) is 0 Å². The van der Waals surface area contributed by atoms with Crippen molar-refractivity contribution >= 4 is 17.9 Å². The lowest BCUT2D eigenvalue weighted by Gasteiger charge is -2.18. The Labute approximate surface area is 460 Å². The van der Waals surface area contributed by atoms with Gasteiger partial charge in [-0.3, -0.25) is 14.4 Å². The van der Waals surface area contributed by atoms with Crippen LogP contribution in [-0.4, -0.2) is 37.2 Å². The van der Waals surface area contributed by atoms with E-state index in [4.69, 9.17) is 14.2 Å². The maximum absolute atomic E-state index is 12.9. The number of carbonyl (C=O) groups excluding carboxylic acids is 3. The first-order valence-electron chi connectivity index (χ1n) is 32.3. The zero-order valence-electron chi connectivity index (χ0n) is 49.4. The van der Waals surface area contributed by atoms with Gasteiger partial charge in [-0.15, -0.1) is 0 Å². The van der Waals surface area contributed by atoms with E-state index >= 15 is 0 Å². The highest BCUT2D eigenvalue weighted by Gasteiger charge is 2.19. The van der Waals surface area contributed by atoms with E-state index in [1.165, 1.54) is 193 Å². The van der Waals surface area contributed by atoms with Crippen molar-refractivity contribution in [2.24, 2.45) is 0 Å². The van der Waals surface area contributed by atoms with Crippen molar-refractivity contribution in [1.82, 2.24) is 0 Å². The van der Waals surface area contributed by atoms with E-state index in [1.807, 2.05) is 0 Å². The minimum absolute atomic E-state index is 0.0813. The van der Waals surface area contributed by atoms with Gasteiger partial charge in [0.1, 0.15) is 13.2 Å². The first-order chi connectivity index (χ1) is 36.5. The van der Waals surface area contributed by atoms with Crippen molar-refractivity contribution in [2.75, 3.05) is 13.2 Å². The molecule has 0 aliphatic carbocycles. The third kappa shape index (κ3) is 60.0. The molecule has 0 aliphatic rings. The number of allylic oxidation sites excluding steroid dienone is 10. The minimum Gasteiger partial charge on any atom is -0.462 e. The molecule has 0 aliphatic heterocycles. The molecular formula is C68H122O6. The fourth-order valence-corrected chi connectivity index (χ4v) is 9.35. The first kappa shape index (κ1) is 71.1. The molecule has 0 amide bonds. The molecule has 74 heavy (non-hydrogen) atoms. The molecule has 0 heterocycles. The third-order valence-corrected chi connectivity index (χ3v) is 14.2. The Kier molecular flexibility index (Phi) is 60.2. The van der Waals surface area contributed by atoms with E-state index in [2.05, 4.69) is 81.5 Å². The van der Waals surface area contributed by atoms with Crippen LogP contribution in [0.25, 0.3) is 0 Å². The highest BCUT2D eigenvalue weighted by atomic mass is 16.6. The van der Waals surface area contributed by atoms with Crippen LogP contribution in [0.3, 0.4) is 0 Å². The van der Waals surface area contributed by atoms with Gasteiger partial charge in [0.05, 0.1) is 0 Å². The predicted octanol–water partition coefficient (Wildman–Crippen LogP) is 21.9. The van der Waals surface area contributed by atoms with Crippen molar-refractivity contribution in [3.8, 4) is 0 Å². The molecule has 0 aromatic rings. The normalized spacial score (nSPS) is 12.4. The van der Waals surface area contributed by atoms with E-state index < -0.39 is 6.10 Å². The fraction of sp³-hybridized carbons (Fsp3) is 0.809. The van der Waals surface area contributed by atoms with Gasteiger partial charge in [-0.25, -0.2) is 0 Å².